The summed E-state index contributed by atoms with van der Waals surface area (Å²) < 4.78 is 18.8. The second kappa shape index (κ2) is 5.69. The molecule has 0 bridgehead atoms. The van der Waals surface area contributed by atoms with Crippen molar-refractivity contribution in [3.05, 3.63) is 29.6 Å². The number of anilines is 1. The summed E-state index contributed by atoms with van der Waals surface area (Å²) in [6.45, 7) is 4.52. The van der Waals surface area contributed by atoms with Crippen LogP contribution in [0.4, 0.5) is 10.1 Å². The first-order valence-electron chi connectivity index (χ1n) is 5.95. The zero-order valence-corrected chi connectivity index (χ0v) is 10.7. The third-order valence-electron chi connectivity index (χ3n) is 3.12. The summed E-state index contributed by atoms with van der Waals surface area (Å²) in [6, 6.07) is 4.81. The molecule has 4 heteroatoms. The van der Waals surface area contributed by atoms with Crippen molar-refractivity contribution in [2.75, 3.05) is 24.6 Å². The van der Waals surface area contributed by atoms with Crippen LogP contribution in [0.15, 0.2) is 18.2 Å². The monoisotopic (exact) mass is 257 g/mol. The Morgan fingerprint density at radius 2 is 2.35 bits per heavy atom. The van der Waals surface area contributed by atoms with Gasteiger partial charge in [-0.2, -0.15) is 0 Å². The van der Waals surface area contributed by atoms with Gasteiger partial charge in [0, 0.05) is 24.7 Å². The van der Waals surface area contributed by atoms with E-state index in [4.69, 9.17) is 16.3 Å². The molecule has 1 aliphatic rings. The van der Waals surface area contributed by atoms with Gasteiger partial charge in [0.25, 0.3) is 0 Å². The molecular formula is C13H17ClFNO. The normalized spacial score (nSPS) is 20.6. The van der Waals surface area contributed by atoms with Gasteiger partial charge in [0.2, 0.25) is 0 Å². The lowest BCUT2D eigenvalue weighted by atomic mass is 10.1. The second-order valence-corrected chi connectivity index (χ2v) is 4.52. The number of morpholine rings is 1. The number of nitrogens with zero attached hydrogens (tertiary/aromatic N) is 1. The van der Waals surface area contributed by atoms with Gasteiger partial charge in [-0.25, -0.2) is 4.39 Å². The van der Waals surface area contributed by atoms with Crippen molar-refractivity contribution >= 4 is 17.3 Å². The van der Waals surface area contributed by atoms with Crippen molar-refractivity contribution in [2.45, 2.75) is 25.3 Å². The second-order valence-electron chi connectivity index (χ2n) is 4.25. The van der Waals surface area contributed by atoms with E-state index in [0.717, 1.165) is 37.4 Å². The zero-order chi connectivity index (χ0) is 12.3. The van der Waals surface area contributed by atoms with Crippen molar-refractivity contribution in [3.8, 4) is 0 Å². The van der Waals surface area contributed by atoms with E-state index < -0.39 is 0 Å². The van der Waals surface area contributed by atoms with E-state index in [1.807, 2.05) is 6.07 Å². The Morgan fingerprint density at radius 3 is 3.06 bits per heavy atom. The minimum absolute atomic E-state index is 0.232. The maximum atomic E-state index is 13.1. The third-order valence-corrected chi connectivity index (χ3v) is 3.41. The molecule has 2 rings (SSSR count). The smallest absolute Gasteiger partial charge is 0.123 e. The van der Waals surface area contributed by atoms with Crippen molar-refractivity contribution in [1.82, 2.24) is 0 Å². The van der Waals surface area contributed by atoms with E-state index >= 15 is 0 Å². The van der Waals surface area contributed by atoms with Gasteiger partial charge in [0.05, 0.1) is 12.7 Å². The average Bonchev–Trinajstić information content (AvgIpc) is 2.38. The Morgan fingerprint density at radius 1 is 1.53 bits per heavy atom. The first-order chi connectivity index (χ1) is 8.24. The number of alkyl halides is 1. The van der Waals surface area contributed by atoms with E-state index in [-0.39, 0.29) is 11.9 Å². The van der Waals surface area contributed by atoms with Crippen molar-refractivity contribution in [2.24, 2.45) is 0 Å². The van der Waals surface area contributed by atoms with Gasteiger partial charge >= 0.3 is 0 Å². The largest absolute Gasteiger partial charge is 0.375 e. The fourth-order valence-corrected chi connectivity index (χ4v) is 2.37. The van der Waals surface area contributed by atoms with Gasteiger partial charge in [0.1, 0.15) is 5.82 Å². The maximum Gasteiger partial charge on any atom is 0.123 e. The van der Waals surface area contributed by atoms with Crippen molar-refractivity contribution in [1.29, 1.82) is 0 Å². The summed E-state index contributed by atoms with van der Waals surface area (Å²) in [4.78, 5) is 2.23. The molecule has 1 aromatic carbocycles. The van der Waals surface area contributed by atoms with E-state index in [1.165, 1.54) is 12.1 Å². The Hall–Kier alpha value is -0.800. The summed E-state index contributed by atoms with van der Waals surface area (Å²) in [5.41, 5.74) is 1.88. The van der Waals surface area contributed by atoms with Crippen LogP contribution in [0.3, 0.4) is 0 Å². The van der Waals surface area contributed by atoms with Crippen molar-refractivity contribution in [3.63, 3.8) is 0 Å². The van der Waals surface area contributed by atoms with Gasteiger partial charge in [-0.1, -0.05) is 6.92 Å². The predicted molar refractivity (Wildman–Crippen MR) is 68.2 cm³/mol. The molecule has 1 aliphatic heterocycles. The molecule has 0 aromatic heterocycles. The molecule has 0 N–H and O–H groups in total. The lowest BCUT2D eigenvalue weighted by molar-refractivity contribution is 0.0384. The number of benzene rings is 1. The summed E-state index contributed by atoms with van der Waals surface area (Å²) in [6.07, 6.45) is 1.26. The molecule has 1 atom stereocenters. The molecule has 1 aromatic rings. The van der Waals surface area contributed by atoms with E-state index in [1.54, 1.807) is 0 Å². The Bertz CT molecular complexity index is 386. The van der Waals surface area contributed by atoms with Gasteiger partial charge in [-0.05, 0) is 30.2 Å². The molecule has 2 nitrogen and oxygen atoms in total. The van der Waals surface area contributed by atoms with Gasteiger partial charge in [-0.15, -0.1) is 11.6 Å². The highest BCUT2D eigenvalue weighted by atomic mass is 35.5. The predicted octanol–water partition coefficient (Wildman–Crippen LogP) is 3.18. The number of rotatable bonds is 3. The molecule has 0 saturated carbocycles. The van der Waals surface area contributed by atoms with Crippen LogP contribution in [-0.2, 0) is 10.6 Å². The van der Waals surface area contributed by atoms with E-state index in [9.17, 15) is 4.39 Å². The van der Waals surface area contributed by atoms with Gasteiger partial charge in [-0.3, -0.25) is 0 Å². The zero-order valence-electron chi connectivity index (χ0n) is 9.96. The van der Waals surface area contributed by atoms with Crippen LogP contribution in [0.5, 0.6) is 0 Å². The van der Waals surface area contributed by atoms with Crippen LogP contribution in [0.2, 0.25) is 0 Å². The quantitative estimate of drug-likeness (QED) is 0.771. The number of hydrogen-bond donors (Lipinski definition) is 0. The topological polar surface area (TPSA) is 12.5 Å². The van der Waals surface area contributed by atoms with Crippen LogP contribution >= 0.6 is 11.6 Å². The first-order valence-corrected chi connectivity index (χ1v) is 6.49. The third kappa shape index (κ3) is 2.90. The maximum absolute atomic E-state index is 13.1. The molecule has 0 amide bonds. The minimum Gasteiger partial charge on any atom is -0.375 e. The highest BCUT2D eigenvalue weighted by molar-refractivity contribution is 6.17. The molecule has 0 aliphatic carbocycles. The Labute approximate surface area is 106 Å². The fraction of sp³-hybridized carbons (Fsp3) is 0.538. The summed E-state index contributed by atoms with van der Waals surface area (Å²) in [5.74, 6) is 0.103. The Kier molecular flexibility index (Phi) is 4.24. The molecule has 0 spiro atoms. The highest BCUT2D eigenvalue weighted by Gasteiger charge is 2.20. The summed E-state index contributed by atoms with van der Waals surface area (Å²) in [5, 5.41) is 0. The lowest BCUT2D eigenvalue weighted by Gasteiger charge is -2.35. The molecule has 1 fully saturated rings. The van der Waals surface area contributed by atoms with Crippen LogP contribution in [0.25, 0.3) is 0 Å². The Balaban J connectivity index is 2.20. The lowest BCUT2D eigenvalue weighted by Crippen LogP contribution is -2.42. The van der Waals surface area contributed by atoms with Gasteiger partial charge in [0.15, 0.2) is 0 Å². The average molecular weight is 258 g/mol. The van der Waals surface area contributed by atoms with E-state index in [2.05, 4.69) is 11.8 Å². The van der Waals surface area contributed by atoms with Gasteiger partial charge < -0.3 is 9.64 Å². The minimum atomic E-state index is -0.232. The number of halogens is 2. The SMILES string of the molecule is CCC1CN(c2ccc(F)cc2CCl)CCO1. The summed E-state index contributed by atoms with van der Waals surface area (Å²) in [7, 11) is 0. The number of ether oxygens (including phenoxy) is 1. The van der Waals surface area contributed by atoms with Crippen LogP contribution in [0, 0.1) is 5.82 Å². The molecule has 94 valence electrons. The summed E-state index contributed by atoms with van der Waals surface area (Å²) >= 11 is 5.87. The van der Waals surface area contributed by atoms with Crippen LogP contribution < -0.4 is 4.90 Å². The van der Waals surface area contributed by atoms with E-state index in [0.29, 0.717) is 5.88 Å². The first kappa shape index (κ1) is 12.7. The molecular weight excluding hydrogens is 241 g/mol. The molecule has 0 radical (unpaired) electrons. The molecule has 1 unspecified atom stereocenters. The molecule has 17 heavy (non-hydrogen) atoms. The van der Waals surface area contributed by atoms with Crippen LogP contribution in [0.1, 0.15) is 18.9 Å². The molecule has 1 heterocycles. The highest BCUT2D eigenvalue weighted by Crippen LogP contribution is 2.25. The van der Waals surface area contributed by atoms with Crippen molar-refractivity contribution < 1.29 is 9.13 Å². The standard InChI is InChI=1S/C13H17ClFNO/c1-2-12-9-16(5-6-17-12)13-4-3-11(15)7-10(13)8-14/h3-4,7,12H,2,5-6,8-9H2,1H3. The number of hydrogen-bond acceptors (Lipinski definition) is 2. The fourth-order valence-electron chi connectivity index (χ4n) is 2.15. The van der Waals surface area contributed by atoms with Crippen LogP contribution in [-0.4, -0.2) is 25.8 Å². The molecule has 1 saturated heterocycles.